The molecule has 2 aromatic heterocycles. The predicted molar refractivity (Wildman–Crippen MR) is 56.3 cm³/mol. The maximum atomic E-state index is 11.5. The maximum absolute atomic E-state index is 11.5. The summed E-state index contributed by atoms with van der Waals surface area (Å²) < 4.78 is 4.97. The number of carbonyl (C=O) groups excluding carboxylic acids is 1. The molecule has 0 saturated heterocycles. The first kappa shape index (κ1) is 9.40. The van der Waals surface area contributed by atoms with Crippen molar-refractivity contribution in [3.8, 4) is 0 Å². The summed E-state index contributed by atoms with van der Waals surface area (Å²) in [5.74, 6) is 0.194. The highest BCUT2D eigenvalue weighted by atomic mass is 16.3. The monoisotopic (exact) mass is 199 g/mol. The van der Waals surface area contributed by atoms with Gasteiger partial charge in [0.05, 0.1) is 6.26 Å². The van der Waals surface area contributed by atoms with Crippen LogP contribution in [0, 0.1) is 0 Å². The number of ketones is 1. The number of allylic oxidation sites excluding steroid dienone is 1. The molecule has 3 nitrogen and oxygen atoms in total. The van der Waals surface area contributed by atoms with Crippen LogP contribution in [0.25, 0.3) is 6.08 Å². The van der Waals surface area contributed by atoms with Crippen LogP contribution in [0.2, 0.25) is 0 Å². The van der Waals surface area contributed by atoms with E-state index >= 15 is 0 Å². The van der Waals surface area contributed by atoms with E-state index < -0.39 is 0 Å². The van der Waals surface area contributed by atoms with Gasteiger partial charge in [-0.25, -0.2) is 0 Å². The average Bonchev–Trinajstić information content (AvgIpc) is 2.81. The zero-order chi connectivity index (χ0) is 10.5. The Morgan fingerprint density at radius 1 is 1.33 bits per heavy atom. The van der Waals surface area contributed by atoms with E-state index in [4.69, 9.17) is 4.42 Å². The summed E-state index contributed by atoms with van der Waals surface area (Å²) in [5.41, 5.74) is 0.886. The van der Waals surface area contributed by atoms with Gasteiger partial charge in [0.1, 0.15) is 0 Å². The second-order valence-electron chi connectivity index (χ2n) is 2.96. The Morgan fingerprint density at radius 3 is 2.93 bits per heavy atom. The molecule has 0 aliphatic rings. The van der Waals surface area contributed by atoms with E-state index in [1.54, 1.807) is 30.6 Å². The van der Waals surface area contributed by atoms with Crippen LogP contribution in [0.1, 0.15) is 16.1 Å². The molecule has 0 aromatic carbocycles. The van der Waals surface area contributed by atoms with Crippen LogP contribution in [0.3, 0.4) is 0 Å². The molecule has 0 fully saturated rings. The van der Waals surface area contributed by atoms with E-state index in [1.165, 1.54) is 12.3 Å². The molecule has 0 aliphatic carbocycles. The lowest BCUT2D eigenvalue weighted by Gasteiger charge is -1.90. The summed E-state index contributed by atoms with van der Waals surface area (Å²) in [5, 5.41) is 0. The van der Waals surface area contributed by atoms with E-state index in [9.17, 15) is 4.79 Å². The molecule has 15 heavy (non-hydrogen) atoms. The van der Waals surface area contributed by atoms with Crippen LogP contribution in [0.4, 0.5) is 0 Å². The van der Waals surface area contributed by atoms with Crippen LogP contribution in [-0.2, 0) is 0 Å². The fourth-order valence-corrected chi connectivity index (χ4v) is 1.15. The minimum atomic E-state index is -0.149. The third-order valence-corrected chi connectivity index (χ3v) is 1.88. The topological polar surface area (TPSA) is 43.1 Å². The Balaban J connectivity index is 2.10. The number of nitrogens with zero attached hydrogens (tertiary/aromatic N) is 1. The molecule has 0 spiro atoms. The first-order valence-corrected chi connectivity index (χ1v) is 4.52. The molecule has 0 bridgehead atoms. The predicted octanol–water partition coefficient (Wildman–Crippen LogP) is 2.57. The molecule has 0 saturated carbocycles. The molecule has 2 aromatic rings. The number of furan rings is 1. The third kappa shape index (κ3) is 2.40. The van der Waals surface area contributed by atoms with Crippen LogP contribution in [0.15, 0.2) is 53.4 Å². The largest absolute Gasteiger partial charge is 0.461 e. The number of carbonyl (C=O) groups is 1. The van der Waals surface area contributed by atoms with Crippen molar-refractivity contribution in [2.24, 2.45) is 0 Å². The number of hydrogen-bond donors (Lipinski definition) is 0. The lowest BCUT2D eigenvalue weighted by atomic mass is 10.2. The molecule has 0 atom stereocenters. The molecule has 0 unspecified atom stereocenters. The van der Waals surface area contributed by atoms with Crippen molar-refractivity contribution >= 4 is 11.9 Å². The number of pyridine rings is 1. The first-order valence-electron chi connectivity index (χ1n) is 4.52. The minimum absolute atomic E-state index is 0.149. The van der Waals surface area contributed by atoms with Crippen molar-refractivity contribution < 1.29 is 9.21 Å². The van der Waals surface area contributed by atoms with Crippen LogP contribution >= 0.6 is 0 Å². The summed E-state index contributed by atoms with van der Waals surface area (Å²) in [4.78, 5) is 15.4. The average molecular weight is 199 g/mol. The Bertz CT molecular complexity index is 458. The van der Waals surface area contributed by atoms with Gasteiger partial charge < -0.3 is 4.42 Å². The van der Waals surface area contributed by atoms with Crippen molar-refractivity contribution in [3.05, 3.63) is 60.3 Å². The Hall–Kier alpha value is -2.16. The molecule has 74 valence electrons. The van der Waals surface area contributed by atoms with Gasteiger partial charge in [-0.3, -0.25) is 9.78 Å². The number of rotatable bonds is 3. The summed E-state index contributed by atoms with van der Waals surface area (Å²) in [7, 11) is 0. The van der Waals surface area contributed by atoms with Gasteiger partial charge in [0.25, 0.3) is 0 Å². The van der Waals surface area contributed by atoms with Crippen LogP contribution in [-0.4, -0.2) is 10.8 Å². The van der Waals surface area contributed by atoms with Crippen LogP contribution in [0.5, 0.6) is 0 Å². The highest BCUT2D eigenvalue weighted by Crippen LogP contribution is 2.04. The molecule has 2 heterocycles. The number of aromatic nitrogens is 1. The van der Waals surface area contributed by atoms with Crippen molar-refractivity contribution in [1.82, 2.24) is 4.98 Å². The van der Waals surface area contributed by atoms with Gasteiger partial charge in [-0.2, -0.15) is 0 Å². The van der Waals surface area contributed by atoms with Crippen molar-refractivity contribution in [3.63, 3.8) is 0 Å². The second-order valence-corrected chi connectivity index (χ2v) is 2.96. The molecule has 0 N–H and O–H groups in total. The fourth-order valence-electron chi connectivity index (χ4n) is 1.15. The lowest BCUT2D eigenvalue weighted by molar-refractivity contribution is 0.102. The first-order chi connectivity index (χ1) is 7.36. The summed E-state index contributed by atoms with van der Waals surface area (Å²) in [6.45, 7) is 0. The van der Waals surface area contributed by atoms with Gasteiger partial charge in [-0.05, 0) is 35.9 Å². The lowest BCUT2D eigenvalue weighted by Crippen LogP contribution is -1.90. The minimum Gasteiger partial charge on any atom is -0.461 e. The Morgan fingerprint density at radius 2 is 2.27 bits per heavy atom. The summed E-state index contributed by atoms with van der Waals surface area (Å²) >= 11 is 0. The van der Waals surface area contributed by atoms with E-state index in [1.807, 2.05) is 12.1 Å². The SMILES string of the molecule is O=C(/C=C/c1cccnc1)c1ccco1. The highest BCUT2D eigenvalue weighted by Gasteiger charge is 2.02. The molecule has 3 heteroatoms. The fraction of sp³-hybridized carbons (Fsp3) is 0. The third-order valence-electron chi connectivity index (χ3n) is 1.88. The molecular weight excluding hydrogens is 190 g/mol. The molecule has 0 radical (unpaired) electrons. The normalized spacial score (nSPS) is 10.7. The molecule has 0 amide bonds. The smallest absolute Gasteiger partial charge is 0.221 e. The van der Waals surface area contributed by atoms with Crippen LogP contribution < -0.4 is 0 Å². The van der Waals surface area contributed by atoms with Crippen molar-refractivity contribution in [2.75, 3.05) is 0 Å². The molecule has 2 rings (SSSR count). The zero-order valence-corrected chi connectivity index (χ0v) is 7.96. The summed E-state index contributed by atoms with van der Waals surface area (Å²) in [6, 6.07) is 7.01. The van der Waals surface area contributed by atoms with Gasteiger partial charge >= 0.3 is 0 Å². The Labute approximate surface area is 87.1 Å². The van der Waals surface area contributed by atoms with Gasteiger partial charge in [0.2, 0.25) is 5.78 Å². The summed E-state index contributed by atoms with van der Waals surface area (Å²) in [6.07, 6.45) is 8.02. The van der Waals surface area contributed by atoms with Gasteiger partial charge in [0, 0.05) is 12.4 Å². The highest BCUT2D eigenvalue weighted by molar-refractivity contribution is 6.04. The van der Waals surface area contributed by atoms with Crippen molar-refractivity contribution in [2.45, 2.75) is 0 Å². The molecular formula is C12H9NO2. The molecule has 0 aliphatic heterocycles. The number of hydrogen-bond acceptors (Lipinski definition) is 3. The van der Waals surface area contributed by atoms with Gasteiger partial charge in [-0.15, -0.1) is 0 Å². The van der Waals surface area contributed by atoms with E-state index in [-0.39, 0.29) is 5.78 Å². The van der Waals surface area contributed by atoms with Crippen molar-refractivity contribution in [1.29, 1.82) is 0 Å². The standard InChI is InChI=1S/C12H9NO2/c14-11(12-4-2-8-15-12)6-5-10-3-1-7-13-9-10/h1-9H/b6-5+. The van der Waals surface area contributed by atoms with E-state index in [0.29, 0.717) is 5.76 Å². The Kier molecular flexibility index (Phi) is 2.74. The zero-order valence-electron chi connectivity index (χ0n) is 7.96. The van der Waals surface area contributed by atoms with E-state index in [0.717, 1.165) is 5.56 Å². The quantitative estimate of drug-likeness (QED) is 0.563. The second kappa shape index (κ2) is 4.37. The maximum Gasteiger partial charge on any atom is 0.221 e. The van der Waals surface area contributed by atoms with Gasteiger partial charge in [-0.1, -0.05) is 6.07 Å². The van der Waals surface area contributed by atoms with E-state index in [2.05, 4.69) is 4.98 Å². The van der Waals surface area contributed by atoms with Gasteiger partial charge in [0.15, 0.2) is 5.76 Å².